The van der Waals surface area contributed by atoms with Crippen molar-refractivity contribution in [3.05, 3.63) is 0 Å². The normalized spacial score (nSPS) is 10.8. The number of hydrogen-bond acceptors (Lipinski definition) is 5. The van der Waals surface area contributed by atoms with Crippen molar-refractivity contribution in [2.45, 2.75) is 25.7 Å². The highest BCUT2D eigenvalue weighted by molar-refractivity contribution is 6.17. The van der Waals surface area contributed by atoms with Crippen LogP contribution in [0.5, 0.6) is 0 Å². The third-order valence-electron chi connectivity index (χ3n) is 2.84. The molecule has 1 amide bonds. The van der Waals surface area contributed by atoms with Gasteiger partial charge in [-0.2, -0.15) is 0 Å². The summed E-state index contributed by atoms with van der Waals surface area (Å²) in [6, 6.07) is 0. The molecule has 0 saturated heterocycles. The average molecular weight is 339 g/mol. The van der Waals surface area contributed by atoms with Crippen LogP contribution in [0.15, 0.2) is 0 Å². The van der Waals surface area contributed by atoms with Crippen LogP contribution in [0.4, 0.5) is 0 Å². The Morgan fingerprint density at radius 1 is 0.864 bits per heavy atom. The Bertz CT molecular complexity index is 246. The molecule has 0 aromatic heterocycles. The molecule has 6 nitrogen and oxygen atoms in total. The SMILES string of the molecule is CNCCOCC(=O)NCCOCCOCCCCCCCl. The van der Waals surface area contributed by atoms with E-state index < -0.39 is 0 Å². The molecule has 0 aromatic rings. The second-order valence-corrected chi connectivity index (χ2v) is 5.21. The zero-order valence-electron chi connectivity index (χ0n) is 13.7. The summed E-state index contributed by atoms with van der Waals surface area (Å²) >= 11 is 5.60. The summed E-state index contributed by atoms with van der Waals surface area (Å²) in [4.78, 5) is 11.3. The van der Waals surface area contributed by atoms with Crippen LogP contribution < -0.4 is 10.6 Å². The molecule has 22 heavy (non-hydrogen) atoms. The van der Waals surface area contributed by atoms with E-state index in [1.54, 1.807) is 0 Å². The summed E-state index contributed by atoms with van der Waals surface area (Å²) in [5.74, 6) is 0.626. The van der Waals surface area contributed by atoms with Crippen LogP contribution in [0.3, 0.4) is 0 Å². The lowest BCUT2D eigenvalue weighted by atomic mass is 10.2. The van der Waals surface area contributed by atoms with E-state index >= 15 is 0 Å². The van der Waals surface area contributed by atoms with Gasteiger partial charge in [-0.15, -0.1) is 11.6 Å². The molecular weight excluding hydrogens is 308 g/mol. The standard InChI is InChI=1S/C15H31ClN2O4/c1-17-7-10-22-14-15(19)18-8-11-21-13-12-20-9-5-3-2-4-6-16/h17H,2-14H2,1H3,(H,18,19). The van der Waals surface area contributed by atoms with E-state index in [0.717, 1.165) is 38.3 Å². The summed E-state index contributed by atoms with van der Waals surface area (Å²) in [5, 5.41) is 5.67. The van der Waals surface area contributed by atoms with Crippen molar-refractivity contribution in [1.82, 2.24) is 10.6 Å². The van der Waals surface area contributed by atoms with Crippen LogP contribution in [-0.2, 0) is 19.0 Å². The Balaban J connectivity index is 3.08. The highest BCUT2D eigenvalue weighted by atomic mass is 35.5. The molecule has 132 valence electrons. The van der Waals surface area contributed by atoms with E-state index in [1.807, 2.05) is 7.05 Å². The van der Waals surface area contributed by atoms with Crippen molar-refractivity contribution in [3.8, 4) is 0 Å². The quantitative estimate of drug-likeness (QED) is 0.308. The predicted octanol–water partition coefficient (Wildman–Crippen LogP) is 1.17. The van der Waals surface area contributed by atoms with Crippen LogP contribution in [-0.4, -0.2) is 71.6 Å². The average Bonchev–Trinajstić information content (AvgIpc) is 2.52. The molecule has 0 spiro atoms. The zero-order valence-corrected chi connectivity index (χ0v) is 14.5. The highest BCUT2D eigenvalue weighted by Crippen LogP contribution is 2.00. The molecule has 0 heterocycles. The van der Waals surface area contributed by atoms with Gasteiger partial charge in [0.2, 0.25) is 5.91 Å². The summed E-state index contributed by atoms with van der Waals surface area (Å²) < 4.78 is 16.0. The van der Waals surface area contributed by atoms with Gasteiger partial charge < -0.3 is 24.8 Å². The Morgan fingerprint density at radius 2 is 1.55 bits per heavy atom. The van der Waals surface area contributed by atoms with Gasteiger partial charge >= 0.3 is 0 Å². The van der Waals surface area contributed by atoms with Crippen molar-refractivity contribution >= 4 is 17.5 Å². The number of unbranched alkanes of at least 4 members (excludes halogenated alkanes) is 3. The number of rotatable bonds is 17. The number of carbonyl (C=O) groups excluding carboxylic acids is 1. The van der Waals surface area contributed by atoms with E-state index in [-0.39, 0.29) is 12.5 Å². The van der Waals surface area contributed by atoms with Gasteiger partial charge in [0.1, 0.15) is 6.61 Å². The number of halogens is 1. The van der Waals surface area contributed by atoms with Gasteiger partial charge in [0, 0.05) is 25.6 Å². The first-order chi connectivity index (χ1) is 10.8. The minimum Gasteiger partial charge on any atom is -0.379 e. The van der Waals surface area contributed by atoms with Crippen molar-refractivity contribution in [2.75, 3.05) is 65.7 Å². The first-order valence-corrected chi connectivity index (χ1v) is 8.55. The largest absolute Gasteiger partial charge is 0.379 e. The van der Waals surface area contributed by atoms with Crippen LogP contribution in [0.25, 0.3) is 0 Å². The molecule has 0 saturated carbocycles. The van der Waals surface area contributed by atoms with Gasteiger partial charge in [-0.05, 0) is 19.9 Å². The van der Waals surface area contributed by atoms with Crippen molar-refractivity contribution in [1.29, 1.82) is 0 Å². The Kier molecular flexibility index (Phi) is 18.3. The monoisotopic (exact) mass is 338 g/mol. The number of carbonyl (C=O) groups is 1. The molecule has 2 N–H and O–H groups in total. The number of amides is 1. The molecule has 0 radical (unpaired) electrons. The summed E-state index contributed by atoms with van der Waals surface area (Å²) in [5.41, 5.74) is 0. The second-order valence-electron chi connectivity index (χ2n) is 4.83. The van der Waals surface area contributed by atoms with E-state index in [4.69, 9.17) is 25.8 Å². The predicted molar refractivity (Wildman–Crippen MR) is 88.6 cm³/mol. The van der Waals surface area contributed by atoms with Crippen LogP contribution in [0.2, 0.25) is 0 Å². The van der Waals surface area contributed by atoms with Gasteiger partial charge in [-0.1, -0.05) is 12.8 Å². The van der Waals surface area contributed by atoms with E-state index in [9.17, 15) is 4.79 Å². The molecule has 0 aliphatic carbocycles. The lowest BCUT2D eigenvalue weighted by Gasteiger charge is -2.08. The molecular formula is C15H31ClN2O4. The van der Waals surface area contributed by atoms with E-state index in [0.29, 0.717) is 33.0 Å². The molecule has 7 heteroatoms. The first kappa shape index (κ1) is 21.6. The van der Waals surface area contributed by atoms with Crippen LogP contribution in [0, 0.1) is 0 Å². The number of likely N-dealkylation sites (N-methyl/N-ethyl adjacent to an activating group) is 1. The van der Waals surface area contributed by atoms with E-state index in [1.165, 1.54) is 6.42 Å². The number of hydrogen-bond donors (Lipinski definition) is 2. The minimum absolute atomic E-state index is 0.0918. The molecule has 0 aliphatic rings. The third kappa shape index (κ3) is 17.7. The Morgan fingerprint density at radius 3 is 2.27 bits per heavy atom. The van der Waals surface area contributed by atoms with Gasteiger partial charge in [0.05, 0.1) is 26.4 Å². The van der Waals surface area contributed by atoms with Crippen molar-refractivity contribution in [2.24, 2.45) is 0 Å². The fraction of sp³-hybridized carbons (Fsp3) is 0.933. The zero-order chi connectivity index (χ0) is 16.3. The van der Waals surface area contributed by atoms with Crippen molar-refractivity contribution in [3.63, 3.8) is 0 Å². The van der Waals surface area contributed by atoms with Gasteiger partial charge in [-0.25, -0.2) is 0 Å². The number of alkyl halides is 1. The van der Waals surface area contributed by atoms with Gasteiger partial charge in [0.25, 0.3) is 0 Å². The summed E-state index contributed by atoms with van der Waals surface area (Å²) in [6.07, 6.45) is 4.48. The third-order valence-corrected chi connectivity index (χ3v) is 3.11. The molecule has 0 aliphatic heterocycles. The topological polar surface area (TPSA) is 68.8 Å². The smallest absolute Gasteiger partial charge is 0.246 e. The summed E-state index contributed by atoms with van der Waals surface area (Å²) in [6.45, 7) is 4.26. The highest BCUT2D eigenvalue weighted by Gasteiger charge is 2.00. The Hall–Kier alpha value is -0.400. The molecule has 0 unspecified atom stereocenters. The molecule has 0 aromatic carbocycles. The minimum atomic E-state index is -0.118. The fourth-order valence-electron chi connectivity index (χ4n) is 1.63. The lowest BCUT2D eigenvalue weighted by Crippen LogP contribution is -2.31. The lowest BCUT2D eigenvalue weighted by molar-refractivity contribution is -0.125. The van der Waals surface area contributed by atoms with Crippen molar-refractivity contribution < 1.29 is 19.0 Å². The number of nitrogens with one attached hydrogen (secondary N) is 2. The van der Waals surface area contributed by atoms with Gasteiger partial charge in [0.15, 0.2) is 0 Å². The Labute approximate surface area is 139 Å². The maximum atomic E-state index is 11.3. The van der Waals surface area contributed by atoms with Crippen LogP contribution >= 0.6 is 11.6 Å². The molecule has 0 bridgehead atoms. The summed E-state index contributed by atoms with van der Waals surface area (Å²) in [7, 11) is 1.84. The molecule has 0 fully saturated rings. The van der Waals surface area contributed by atoms with E-state index in [2.05, 4.69) is 10.6 Å². The second kappa shape index (κ2) is 18.6. The maximum absolute atomic E-state index is 11.3. The fourth-order valence-corrected chi connectivity index (χ4v) is 1.82. The van der Waals surface area contributed by atoms with Crippen LogP contribution in [0.1, 0.15) is 25.7 Å². The van der Waals surface area contributed by atoms with Gasteiger partial charge in [-0.3, -0.25) is 4.79 Å². The molecule has 0 atom stereocenters. The first-order valence-electron chi connectivity index (χ1n) is 8.01. The number of ether oxygens (including phenoxy) is 3. The molecule has 0 rings (SSSR count). The maximum Gasteiger partial charge on any atom is 0.246 e.